The Balaban J connectivity index is 1.23. The second-order valence-corrected chi connectivity index (χ2v) is 18.1. The molecule has 0 spiro atoms. The van der Waals surface area contributed by atoms with Gasteiger partial charge in [0.15, 0.2) is 0 Å². The van der Waals surface area contributed by atoms with Crippen molar-refractivity contribution < 1.29 is 0 Å². The van der Waals surface area contributed by atoms with Gasteiger partial charge in [0.1, 0.15) is 0 Å². The number of rotatable bonds is 10. The molecule has 0 saturated carbocycles. The van der Waals surface area contributed by atoms with Gasteiger partial charge in [-0.25, -0.2) is 0 Å². The van der Waals surface area contributed by atoms with E-state index in [9.17, 15) is 0 Å². The van der Waals surface area contributed by atoms with Gasteiger partial charge in [0.25, 0.3) is 0 Å². The molecule has 0 aromatic heterocycles. The Hall–Kier alpha value is -7.52. The third-order valence-electron chi connectivity index (χ3n) is 10.9. The summed E-state index contributed by atoms with van der Waals surface area (Å²) in [7, 11) is 0. The SMILES string of the molecule is CC(C)(C)c1ccc(C#Cc2cc(/C=C/c3ccc(C=NCc4ccccc4)cc3)c(C#Cc3ccc(C(C)(C)C)cc3)cc2/C=C/c2ccc(C=NCc3ccccc3)cc2)cc1. The molecule has 0 fully saturated rings. The molecule has 314 valence electrons. The van der Waals surface area contributed by atoms with Crippen LogP contribution in [0.3, 0.4) is 0 Å². The molecule has 0 aliphatic carbocycles. The molecule has 0 radical (unpaired) electrons. The van der Waals surface area contributed by atoms with Gasteiger partial charge in [-0.2, -0.15) is 0 Å². The van der Waals surface area contributed by atoms with E-state index in [1.165, 1.54) is 22.3 Å². The Morgan fingerprint density at radius 2 is 0.719 bits per heavy atom. The maximum Gasteiger partial charge on any atom is 0.0639 e. The molecule has 0 saturated heterocycles. The van der Waals surface area contributed by atoms with Gasteiger partial charge >= 0.3 is 0 Å². The predicted octanol–water partition coefficient (Wildman–Crippen LogP) is 14.7. The van der Waals surface area contributed by atoms with Gasteiger partial charge in [-0.15, -0.1) is 0 Å². The molecule has 0 bridgehead atoms. The molecule has 0 unspecified atom stereocenters. The van der Waals surface area contributed by atoms with Crippen molar-refractivity contribution in [2.45, 2.75) is 65.5 Å². The third-order valence-corrected chi connectivity index (χ3v) is 10.9. The lowest BCUT2D eigenvalue weighted by atomic mass is 9.87. The van der Waals surface area contributed by atoms with E-state index in [1.807, 2.05) is 48.8 Å². The second-order valence-electron chi connectivity index (χ2n) is 18.1. The monoisotopic (exact) mass is 828 g/mol. The summed E-state index contributed by atoms with van der Waals surface area (Å²) in [6, 6.07) is 59.1. The van der Waals surface area contributed by atoms with Crippen LogP contribution in [0.4, 0.5) is 0 Å². The summed E-state index contributed by atoms with van der Waals surface area (Å²) in [5.74, 6) is 14.1. The summed E-state index contributed by atoms with van der Waals surface area (Å²) in [5, 5.41) is 0. The maximum absolute atomic E-state index is 4.66. The van der Waals surface area contributed by atoms with E-state index in [-0.39, 0.29) is 10.8 Å². The van der Waals surface area contributed by atoms with Crippen molar-refractivity contribution in [2.75, 3.05) is 0 Å². The van der Waals surface area contributed by atoms with Crippen molar-refractivity contribution in [1.82, 2.24) is 0 Å². The average Bonchev–Trinajstić information content (AvgIpc) is 3.30. The van der Waals surface area contributed by atoms with Crippen LogP contribution in [-0.4, -0.2) is 12.4 Å². The molecular weight excluding hydrogens is 773 g/mol. The van der Waals surface area contributed by atoms with E-state index in [2.05, 4.69) is 233 Å². The van der Waals surface area contributed by atoms with E-state index in [0.717, 1.165) is 55.6 Å². The van der Waals surface area contributed by atoms with Gasteiger partial charge in [0.2, 0.25) is 0 Å². The van der Waals surface area contributed by atoms with Crippen molar-refractivity contribution in [1.29, 1.82) is 0 Å². The van der Waals surface area contributed by atoms with Gasteiger partial charge in [0.05, 0.1) is 13.1 Å². The molecule has 2 nitrogen and oxygen atoms in total. The Bertz CT molecular complexity index is 2670. The summed E-state index contributed by atoms with van der Waals surface area (Å²) >= 11 is 0. The summed E-state index contributed by atoms with van der Waals surface area (Å²) in [5.41, 5.74) is 15.2. The highest BCUT2D eigenvalue weighted by Crippen LogP contribution is 2.25. The average molecular weight is 829 g/mol. The zero-order valence-electron chi connectivity index (χ0n) is 37.9. The molecular formula is C62H56N2. The van der Waals surface area contributed by atoms with Crippen LogP contribution in [0.15, 0.2) is 180 Å². The summed E-state index contributed by atoms with van der Waals surface area (Å²) < 4.78 is 0. The quantitative estimate of drug-likeness (QED) is 0.0745. The minimum atomic E-state index is 0.0695. The lowest BCUT2D eigenvalue weighted by Gasteiger charge is -2.18. The van der Waals surface area contributed by atoms with Crippen LogP contribution in [0, 0.1) is 23.7 Å². The normalized spacial score (nSPS) is 11.8. The molecule has 7 aromatic rings. The predicted molar refractivity (Wildman–Crippen MR) is 275 cm³/mol. The van der Waals surface area contributed by atoms with Crippen molar-refractivity contribution in [2.24, 2.45) is 9.98 Å². The summed E-state index contributed by atoms with van der Waals surface area (Å²) in [4.78, 5) is 9.31. The van der Waals surface area contributed by atoms with Gasteiger partial charge in [0, 0.05) is 34.7 Å². The van der Waals surface area contributed by atoms with Crippen LogP contribution in [0.25, 0.3) is 24.3 Å². The minimum absolute atomic E-state index is 0.0695. The Labute approximate surface area is 381 Å². The molecule has 0 aliphatic heterocycles. The molecule has 0 atom stereocenters. The first-order chi connectivity index (χ1) is 30.9. The first-order valence-electron chi connectivity index (χ1n) is 22.0. The van der Waals surface area contributed by atoms with E-state index >= 15 is 0 Å². The van der Waals surface area contributed by atoms with Crippen molar-refractivity contribution in [3.63, 3.8) is 0 Å². The van der Waals surface area contributed by atoms with E-state index in [4.69, 9.17) is 0 Å². The third kappa shape index (κ3) is 13.2. The van der Waals surface area contributed by atoms with Gasteiger partial charge in [-0.1, -0.05) is 223 Å². The highest BCUT2D eigenvalue weighted by molar-refractivity contribution is 5.83. The smallest absolute Gasteiger partial charge is 0.0639 e. The van der Waals surface area contributed by atoms with Gasteiger partial charge in [-0.3, -0.25) is 9.98 Å². The van der Waals surface area contributed by atoms with Crippen LogP contribution in [0.2, 0.25) is 0 Å². The van der Waals surface area contributed by atoms with Crippen LogP contribution >= 0.6 is 0 Å². The number of nitrogens with zero attached hydrogens (tertiary/aromatic N) is 2. The van der Waals surface area contributed by atoms with Crippen LogP contribution in [0.1, 0.15) is 119 Å². The summed E-state index contributed by atoms with van der Waals surface area (Å²) in [6.07, 6.45) is 12.5. The first kappa shape index (κ1) is 44.5. The second kappa shape index (κ2) is 21.0. The summed E-state index contributed by atoms with van der Waals surface area (Å²) in [6.45, 7) is 14.7. The highest BCUT2D eigenvalue weighted by atomic mass is 14.7. The van der Waals surface area contributed by atoms with Crippen LogP contribution in [0.5, 0.6) is 0 Å². The zero-order valence-corrected chi connectivity index (χ0v) is 37.9. The van der Waals surface area contributed by atoms with Crippen molar-refractivity contribution >= 4 is 36.7 Å². The van der Waals surface area contributed by atoms with E-state index in [0.29, 0.717) is 13.1 Å². The highest BCUT2D eigenvalue weighted by Gasteiger charge is 2.14. The number of hydrogen-bond donors (Lipinski definition) is 0. The lowest BCUT2D eigenvalue weighted by molar-refractivity contribution is 0.590. The van der Waals surface area contributed by atoms with Crippen LogP contribution < -0.4 is 0 Å². The molecule has 64 heavy (non-hydrogen) atoms. The van der Waals surface area contributed by atoms with Crippen molar-refractivity contribution in [3.05, 3.63) is 248 Å². The fourth-order valence-corrected chi connectivity index (χ4v) is 6.95. The van der Waals surface area contributed by atoms with E-state index in [1.54, 1.807) is 0 Å². The molecule has 2 heteroatoms. The minimum Gasteiger partial charge on any atom is -0.288 e. The molecule has 0 aliphatic rings. The maximum atomic E-state index is 4.66. The van der Waals surface area contributed by atoms with E-state index < -0.39 is 0 Å². The van der Waals surface area contributed by atoms with Crippen molar-refractivity contribution in [3.8, 4) is 23.7 Å². The molecule has 0 amide bonds. The van der Waals surface area contributed by atoms with Gasteiger partial charge < -0.3 is 0 Å². The first-order valence-corrected chi connectivity index (χ1v) is 22.0. The molecule has 7 rings (SSSR count). The van der Waals surface area contributed by atoms with Crippen LogP contribution in [-0.2, 0) is 23.9 Å². The fraction of sp³-hybridized carbons (Fsp3) is 0.161. The molecule has 7 aromatic carbocycles. The largest absolute Gasteiger partial charge is 0.288 e. The molecule has 0 heterocycles. The lowest BCUT2D eigenvalue weighted by Crippen LogP contribution is -2.10. The standard InChI is InChI=1S/C62H56N2/c1-61(2,3)59-37-29-49(30-38-59)27-35-57-41-56(34-26-48-19-23-54(24-20-48)46-64-44-52-15-11-8-12-16-52)58(36-28-50-31-39-60(40-32-50)62(4,5)6)42-55(57)33-25-47-17-21-53(22-18-47)45-63-43-51-13-9-7-10-14-51/h7-26,29-34,37-42,45-46H,43-44H2,1-6H3/b33-25+,34-26+,63-45?,64-46?. The molecule has 0 N–H and O–H groups in total. The Morgan fingerprint density at radius 1 is 0.375 bits per heavy atom. The number of aliphatic imine (C=N–C) groups is 2. The van der Waals surface area contributed by atoms with Gasteiger partial charge in [-0.05, 0) is 103 Å². The fourth-order valence-electron chi connectivity index (χ4n) is 6.95. The Morgan fingerprint density at radius 3 is 1.06 bits per heavy atom. The zero-order chi connectivity index (χ0) is 44.8. The number of benzene rings is 7. The number of hydrogen-bond acceptors (Lipinski definition) is 2. The Kier molecular flexibility index (Phi) is 14.6. The topological polar surface area (TPSA) is 24.7 Å².